The van der Waals surface area contributed by atoms with Gasteiger partial charge in [-0.3, -0.25) is 4.79 Å². The highest BCUT2D eigenvalue weighted by molar-refractivity contribution is 9.10. The van der Waals surface area contributed by atoms with E-state index in [-0.39, 0.29) is 5.92 Å². The van der Waals surface area contributed by atoms with E-state index in [1.807, 2.05) is 24.3 Å². The zero-order valence-electron chi connectivity index (χ0n) is 15.1. The first-order valence-electron chi connectivity index (χ1n) is 9.68. The molecule has 2 aromatic carbocycles. The predicted octanol–water partition coefficient (Wildman–Crippen LogP) is 4.84. The zero-order chi connectivity index (χ0) is 18.4. The molecule has 0 spiro atoms. The van der Waals surface area contributed by atoms with Gasteiger partial charge < -0.3 is 9.88 Å². The van der Waals surface area contributed by atoms with Gasteiger partial charge in [-0.15, -0.1) is 0 Å². The molecule has 0 bridgehead atoms. The minimum atomic E-state index is 0.169. The van der Waals surface area contributed by atoms with E-state index in [2.05, 4.69) is 50.1 Å². The summed E-state index contributed by atoms with van der Waals surface area (Å²) in [7, 11) is 0. The number of hydrogen-bond acceptors (Lipinski definition) is 2. The molecule has 2 heterocycles. The van der Waals surface area contributed by atoms with Crippen molar-refractivity contribution in [2.45, 2.75) is 31.1 Å². The van der Waals surface area contributed by atoms with E-state index in [4.69, 9.17) is 4.98 Å². The summed E-state index contributed by atoms with van der Waals surface area (Å²) in [6, 6.07) is 16.5. The molecule has 1 aromatic heterocycles. The number of likely N-dealkylation sites (tertiary alicyclic amines) is 1. The number of rotatable bonds is 3. The number of piperidine rings is 1. The molecule has 1 N–H and O–H groups in total. The third kappa shape index (κ3) is 3.29. The van der Waals surface area contributed by atoms with Crippen LogP contribution >= 0.6 is 15.9 Å². The van der Waals surface area contributed by atoms with Gasteiger partial charge in [-0.05, 0) is 55.0 Å². The molecule has 4 nitrogen and oxygen atoms in total. The number of imidazole rings is 1. The Kier molecular flexibility index (Phi) is 4.27. The number of aromatic nitrogens is 2. The van der Waals surface area contributed by atoms with Crippen LogP contribution in [-0.2, 0) is 4.79 Å². The van der Waals surface area contributed by atoms with Crippen molar-refractivity contribution in [3.63, 3.8) is 0 Å². The van der Waals surface area contributed by atoms with E-state index < -0.39 is 0 Å². The van der Waals surface area contributed by atoms with Crippen molar-refractivity contribution in [1.82, 2.24) is 14.9 Å². The number of hydrogen-bond donors (Lipinski definition) is 1. The quantitative estimate of drug-likeness (QED) is 0.655. The van der Waals surface area contributed by atoms with Crippen LogP contribution in [0.3, 0.4) is 0 Å². The number of fused-ring (bicyclic) bond motifs is 1. The molecule has 2 unspecified atom stereocenters. The minimum absolute atomic E-state index is 0.169. The van der Waals surface area contributed by atoms with E-state index in [1.165, 1.54) is 5.56 Å². The van der Waals surface area contributed by atoms with Crippen molar-refractivity contribution in [2.24, 2.45) is 5.92 Å². The average Bonchev–Trinajstić information content (AvgIpc) is 3.38. The smallest absolute Gasteiger partial charge is 0.226 e. The number of aromatic amines is 1. The Morgan fingerprint density at radius 3 is 2.70 bits per heavy atom. The Bertz CT molecular complexity index is 957. The molecule has 2 aliphatic rings. The molecular formula is C22H22BrN3O. The van der Waals surface area contributed by atoms with Crippen LogP contribution in [0.1, 0.15) is 42.5 Å². The van der Waals surface area contributed by atoms with Gasteiger partial charge in [-0.25, -0.2) is 4.98 Å². The average molecular weight is 424 g/mol. The summed E-state index contributed by atoms with van der Waals surface area (Å²) in [6.45, 7) is 1.67. The first kappa shape index (κ1) is 17.0. The molecule has 5 heteroatoms. The molecule has 138 valence electrons. The van der Waals surface area contributed by atoms with Crippen LogP contribution in [0.2, 0.25) is 0 Å². The summed E-state index contributed by atoms with van der Waals surface area (Å²) in [5.41, 5.74) is 3.40. The molecular weight excluding hydrogens is 402 g/mol. The molecule has 1 saturated heterocycles. The molecule has 27 heavy (non-hydrogen) atoms. The summed E-state index contributed by atoms with van der Waals surface area (Å²) in [5, 5.41) is 0. The lowest BCUT2D eigenvalue weighted by atomic mass is 9.95. The molecule has 1 saturated carbocycles. The van der Waals surface area contributed by atoms with Gasteiger partial charge >= 0.3 is 0 Å². The number of benzene rings is 2. The van der Waals surface area contributed by atoms with Crippen LogP contribution in [0.4, 0.5) is 0 Å². The van der Waals surface area contributed by atoms with E-state index in [0.29, 0.717) is 17.7 Å². The SMILES string of the molecule is O=C(C1CC1c1cccc(Br)c1)N1CCC(c2nc3ccccc3[nH]2)CC1. The summed E-state index contributed by atoms with van der Waals surface area (Å²) in [6.07, 6.45) is 2.96. The summed E-state index contributed by atoms with van der Waals surface area (Å²) in [4.78, 5) is 23.2. The Balaban J connectivity index is 1.21. The number of carbonyl (C=O) groups excluding carboxylic acids is 1. The van der Waals surface area contributed by atoms with Gasteiger partial charge in [0.1, 0.15) is 5.82 Å². The number of para-hydroxylation sites is 2. The summed E-state index contributed by atoms with van der Waals surface area (Å²) < 4.78 is 1.09. The van der Waals surface area contributed by atoms with Crippen LogP contribution in [0.15, 0.2) is 53.0 Å². The van der Waals surface area contributed by atoms with E-state index in [9.17, 15) is 4.79 Å². The highest BCUT2D eigenvalue weighted by Gasteiger charge is 2.46. The lowest BCUT2D eigenvalue weighted by molar-refractivity contribution is -0.133. The maximum atomic E-state index is 12.9. The molecule has 1 aliphatic carbocycles. The topological polar surface area (TPSA) is 49.0 Å². The fraction of sp³-hybridized carbons (Fsp3) is 0.364. The Morgan fingerprint density at radius 1 is 1.11 bits per heavy atom. The van der Waals surface area contributed by atoms with Crippen LogP contribution in [0, 0.1) is 5.92 Å². The van der Waals surface area contributed by atoms with Crippen molar-refractivity contribution in [2.75, 3.05) is 13.1 Å². The highest BCUT2D eigenvalue weighted by atomic mass is 79.9. The van der Waals surface area contributed by atoms with Gasteiger partial charge in [-0.2, -0.15) is 0 Å². The molecule has 2 atom stereocenters. The van der Waals surface area contributed by atoms with Gasteiger partial charge in [0.15, 0.2) is 0 Å². The van der Waals surface area contributed by atoms with Crippen molar-refractivity contribution in [3.8, 4) is 0 Å². The standard InChI is InChI=1S/C22H22BrN3O/c23-16-5-3-4-15(12-16)17-13-18(17)22(27)26-10-8-14(9-11-26)21-24-19-6-1-2-7-20(19)25-21/h1-7,12,14,17-18H,8-11,13H2,(H,24,25). The van der Waals surface area contributed by atoms with E-state index in [1.54, 1.807) is 0 Å². The largest absolute Gasteiger partial charge is 0.342 e. The van der Waals surface area contributed by atoms with Gasteiger partial charge in [0.25, 0.3) is 0 Å². The predicted molar refractivity (Wildman–Crippen MR) is 110 cm³/mol. The molecule has 3 aromatic rings. The number of H-pyrrole nitrogens is 1. The van der Waals surface area contributed by atoms with Crippen LogP contribution in [0.25, 0.3) is 11.0 Å². The first-order chi connectivity index (χ1) is 13.2. The first-order valence-corrected chi connectivity index (χ1v) is 10.5. The third-order valence-electron chi connectivity index (χ3n) is 5.99. The third-order valence-corrected chi connectivity index (χ3v) is 6.48. The van der Waals surface area contributed by atoms with Gasteiger partial charge in [0.05, 0.1) is 11.0 Å². The van der Waals surface area contributed by atoms with Gasteiger partial charge in [-0.1, -0.05) is 40.2 Å². The number of nitrogens with zero attached hydrogens (tertiary/aromatic N) is 2. The Hall–Kier alpha value is -2.14. The van der Waals surface area contributed by atoms with Crippen molar-refractivity contribution in [1.29, 1.82) is 0 Å². The Morgan fingerprint density at radius 2 is 1.93 bits per heavy atom. The monoisotopic (exact) mass is 423 g/mol. The van der Waals surface area contributed by atoms with Crippen molar-refractivity contribution in [3.05, 3.63) is 64.4 Å². The number of nitrogens with one attached hydrogen (secondary N) is 1. The van der Waals surface area contributed by atoms with E-state index >= 15 is 0 Å². The van der Waals surface area contributed by atoms with Crippen LogP contribution < -0.4 is 0 Å². The summed E-state index contributed by atoms with van der Waals surface area (Å²) in [5.74, 6) is 2.39. The zero-order valence-corrected chi connectivity index (χ0v) is 16.7. The second-order valence-corrected chi connectivity index (χ2v) is 8.66. The highest BCUT2D eigenvalue weighted by Crippen LogP contribution is 2.49. The Labute approximate surface area is 167 Å². The van der Waals surface area contributed by atoms with Crippen LogP contribution in [-0.4, -0.2) is 33.9 Å². The van der Waals surface area contributed by atoms with Crippen molar-refractivity contribution >= 4 is 32.9 Å². The fourth-order valence-corrected chi connectivity index (χ4v) is 4.76. The number of carbonyl (C=O) groups is 1. The lowest BCUT2D eigenvalue weighted by Crippen LogP contribution is -2.39. The molecule has 1 amide bonds. The molecule has 1 aliphatic heterocycles. The number of halogens is 1. The normalized spacial score (nSPS) is 22.9. The molecule has 2 fully saturated rings. The van der Waals surface area contributed by atoms with Gasteiger partial charge in [0, 0.05) is 29.4 Å². The van der Waals surface area contributed by atoms with Crippen LogP contribution in [0.5, 0.6) is 0 Å². The summed E-state index contributed by atoms with van der Waals surface area (Å²) >= 11 is 3.53. The second kappa shape index (κ2) is 6.79. The maximum absolute atomic E-state index is 12.9. The fourth-order valence-electron chi connectivity index (χ4n) is 4.35. The lowest BCUT2D eigenvalue weighted by Gasteiger charge is -2.31. The number of amides is 1. The van der Waals surface area contributed by atoms with E-state index in [0.717, 1.165) is 53.7 Å². The maximum Gasteiger partial charge on any atom is 0.226 e. The van der Waals surface area contributed by atoms with Crippen molar-refractivity contribution < 1.29 is 4.79 Å². The minimum Gasteiger partial charge on any atom is -0.342 e. The van der Waals surface area contributed by atoms with Gasteiger partial charge in [0.2, 0.25) is 5.91 Å². The molecule has 0 radical (unpaired) electrons. The molecule has 5 rings (SSSR count). The second-order valence-electron chi connectivity index (χ2n) is 7.74.